The lowest BCUT2D eigenvalue weighted by Crippen LogP contribution is -2.54. The maximum atomic E-state index is 12.4. The van der Waals surface area contributed by atoms with E-state index in [1.54, 1.807) is 25.4 Å². The number of hydrogen-bond acceptors (Lipinski definition) is 5. The topological polar surface area (TPSA) is 86.5 Å². The highest BCUT2D eigenvalue weighted by Gasteiger charge is 2.34. The number of pyridine rings is 1. The van der Waals surface area contributed by atoms with E-state index in [1.165, 1.54) is 0 Å². The van der Waals surface area contributed by atoms with Crippen LogP contribution in [0.3, 0.4) is 0 Å². The van der Waals surface area contributed by atoms with Crippen molar-refractivity contribution in [3.8, 4) is 17.4 Å². The predicted molar refractivity (Wildman–Crippen MR) is 114 cm³/mol. The number of rotatable bonds is 6. The second-order valence-electron chi connectivity index (χ2n) is 6.69. The van der Waals surface area contributed by atoms with Crippen molar-refractivity contribution in [3.63, 3.8) is 0 Å². The minimum absolute atomic E-state index is 0. The molecule has 1 aliphatic carbocycles. The molecule has 154 valence electrons. The number of nitrogens with zero attached hydrogens (tertiary/aromatic N) is 1. The van der Waals surface area contributed by atoms with Crippen molar-refractivity contribution in [1.82, 2.24) is 10.3 Å². The van der Waals surface area contributed by atoms with E-state index >= 15 is 0 Å². The fraction of sp³-hybridized carbons (Fsp3) is 0.400. The summed E-state index contributed by atoms with van der Waals surface area (Å²) in [6, 6.07) is 11.0. The minimum atomic E-state index is -0.721. The number of nitrogens with one attached hydrogen (secondary N) is 1. The molecule has 0 bridgehead atoms. The molecule has 0 spiro atoms. The summed E-state index contributed by atoms with van der Waals surface area (Å²) in [5.41, 5.74) is 6.42. The zero-order valence-corrected chi connectivity index (χ0v) is 17.5. The number of aromatic nitrogens is 1. The first-order chi connectivity index (χ1) is 12.6. The number of nitrogens with two attached hydrogens (primary N) is 1. The standard InChI is InChI=1S/C20H25N3O3.2ClH/c1-25-16-6-5-7-17(12-16)26-18-9-8-15(13-22-18)14-23-19(24)20(21)10-3-2-4-11-20;;/h5-9,12-13H,2-4,10-11,14,21H2,1H3,(H,23,24);2*1H. The van der Waals surface area contributed by atoms with E-state index in [0.29, 0.717) is 18.2 Å². The number of carbonyl (C=O) groups excluding carboxylic acids is 1. The molecule has 6 nitrogen and oxygen atoms in total. The monoisotopic (exact) mass is 427 g/mol. The van der Waals surface area contributed by atoms with E-state index in [-0.39, 0.29) is 30.7 Å². The molecule has 2 aromatic rings. The van der Waals surface area contributed by atoms with Gasteiger partial charge in [0.15, 0.2) is 0 Å². The maximum Gasteiger partial charge on any atom is 0.240 e. The molecule has 3 N–H and O–H groups in total. The van der Waals surface area contributed by atoms with E-state index < -0.39 is 5.54 Å². The van der Waals surface area contributed by atoms with E-state index in [0.717, 1.165) is 43.4 Å². The summed E-state index contributed by atoms with van der Waals surface area (Å²) in [5.74, 6) is 1.78. The van der Waals surface area contributed by atoms with Gasteiger partial charge in [-0.3, -0.25) is 4.79 Å². The Hall–Kier alpha value is -2.02. The average Bonchev–Trinajstić information content (AvgIpc) is 2.68. The smallest absolute Gasteiger partial charge is 0.240 e. The van der Waals surface area contributed by atoms with Gasteiger partial charge in [0.05, 0.1) is 12.6 Å². The van der Waals surface area contributed by atoms with Crippen LogP contribution in [0.2, 0.25) is 0 Å². The zero-order chi connectivity index (χ0) is 18.4. The van der Waals surface area contributed by atoms with Crippen molar-refractivity contribution >= 4 is 30.7 Å². The molecule has 1 aliphatic rings. The summed E-state index contributed by atoms with van der Waals surface area (Å²) in [6.07, 6.45) is 6.39. The third-order valence-corrected chi connectivity index (χ3v) is 4.71. The minimum Gasteiger partial charge on any atom is -0.497 e. The van der Waals surface area contributed by atoms with Gasteiger partial charge in [-0.2, -0.15) is 0 Å². The Morgan fingerprint density at radius 2 is 1.86 bits per heavy atom. The van der Waals surface area contributed by atoms with Crippen LogP contribution in [0.5, 0.6) is 17.4 Å². The fourth-order valence-corrected chi connectivity index (χ4v) is 3.13. The quantitative estimate of drug-likeness (QED) is 0.726. The van der Waals surface area contributed by atoms with Gasteiger partial charge in [-0.05, 0) is 30.5 Å². The molecule has 1 aromatic heterocycles. The van der Waals surface area contributed by atoms with Crippen LogP contribution in [0.25, 0.3) is 0 Å². The van der Waals surface area contributed by atoms with Crippen LogP contribution in [0, 0.1) is 0 Å². The molecule has 1 heterocycles. The van der Waals surface area contributed by atoms with E-state index in [2.05, 4.69) is 10.3 Å². The molecule has 1 fully saturated rings. The third kappa shape index (κ3) is 6.26. The summed E-state index contributed by atoms with van der Waals surface area (Å²) < 4.78 is 10.9. The van der Waals surface area contributed by atoms with Gasteiger partial charge >= 0.3 is 0 Å². The van der Waals surface area contributed by atoms with Gasteiger partial charge in [-0.15, -0.1) is 24.8 Å². The zero-order valence-electron chi connectivity index (χ0n) is 15.8. The fourth-order valence-electron chi connectivity index (χ4n) is 3.13. The van der Waals surface area contributed by atoms with Crippen molar-refractivity contribution in [2.45, 2.75) is 44.2 Å². The van der Waals surface area contributed by atoms with Crippen molar-refractivity contribution in [2.75, 3.05) is 7.11 Å². The number of benzene rings is 1. The molecule has 0 atom stereocenters. The number of ether oxygens (including phenoxy) is 2. The van der Waals surface area contributed by atoms with Crippen molar-refractivity contribution in [2.24, 2.45) is 5.73 Å². The predicted octanol–water partition coefficient (Wildman–Crippen LogP) is 4.00. The molecule has 1 aromatic carbocycles. The number of carbonyl (C=O) groups is 1. The number of hydrogen-bond donors (Lipinski definition) is 2. The molecule has 3 rings (SSSR count). The molecular formula is C20H27Cl2N3O3. The molecule has 0 aliphatic heterocycles. The Morgan fingerprint density at radius 3 is 2.50 bits per heavy atom. The lowest BCUT2D eigenvalue weighted by Gasteiger charge is -2.31. The Morgan fingerprint density at radius 1 is 1.14 bits per heavy atom. The highest BCUT2D eigenvalue weighted by molar-refractivity contribution is 5.86. The second-order valence-corrected chi connectivity index (χ2v) is 6.69. The van der Waals surface area contributed by atoms with E-state index in [9.17, 15) is 4.79 Å². The first-order valence-corrected chi connectivity index (χ1v) is 8.93. The first kappa shape index (κ1) is 24.0. The molecule has 28 heavy (non-hydrogen) atoms. The van der Waals surface area contributed by atoms with Crippen LogP contribution in [-0.4, -0.2) is 23.5 Å². The lowest BCUT2D eigenvalue weighted by molar-refractivity contribution is -0.127. The summed E-state index contributed by atoms with van der Waals surface area (Å²) >= 11 is 0. The van der Waals surface area contributed by atoms with E-state index in [4.69, 9.17) is 15.2 Å². The van der Waals surface area contributed by atoms with Crippen molar-refractivity contribution in [3.05, 3.63) is 48.2 Å². The Balaban J connectivity index is 0.00000196. The van der Waals surface area contributed by atoms with Crippen LogP contribution >= 0.6 is 24.8 Å². The lowest BCUT2D eigenvalue weighted by atomic mass is 9.82. The summed E-state index contributed by atoms with van der Waals surface area (Å²) in [6.45, 7) is 0.407. The Labute approximate surface area is 178 Å². The van der Waals surface area contributed by atoms with Gasteiger partial charge in [0, 0.05) is 24.9 Å². The van der Waals surface area contributed by atoms with Crippen molar-refractivity contribution in [1.29, 1.82) is 0 Å². The van der Waals surface area contributed by atoms with Gasteiger partial charge in [-0.1, -0.05) is 31.4 Å². The van der Waals surface area contributed by atoms with Crippen LogP contribution in [-0.2, 0) is 11.3 Å². The average molecular weight is 428 g/mol. The first-order valence-electron chi connectivity index (χ1n) is 8.93. The molecule has 0 unspecified atom stereocenters. The Bertz CT molecular complexity index is 751. The highest BCUT2D eigenvalue weighted by Crippen LogP contribution is 2.26. The van der Waals surface area contributed by atoms with Crippen LogP contribution < -0.4 is 20.5 Å². The second kappa shape index (κ2) is 11.1. The molecular weight excluding hydrogens is 401 g/mol. The normalized spacial score (nSPS) is 14.8. The highest BCUT2D eigenvalue weighted by atomic mass is 35.5. The van der Waals surface area contributed by atoms with Crippen molar-refractivity contribution < 1.29 is 14.3 Å². The Kier molecular flexibility index (Phi) is 9.52. The van der Waals surface area contributed by atoms with Gasteiger partial charge in [-0.25, -0.2) is 4.98 Å². The molecule has 0 radical (unpaired) electrons. The molecule has 8 heteroatoms. The van der Waals surface area contributed by atoms with Crippen LogP contribution in [0.15, 0.2) is 42.6 Å². The van der Waals surface area contributed by atoms with Gasteiger partial charge < -0.3 is 20.5 Å². The van der Waals surface area contributed by atoms with Gasteiger partial charge in [0.25, 0.3) is 0 Å². The van der Waals surface area contributed by atoms with Gasteiger partial charge in [0.2, 0.25) is 11.8 Å². The summed E-state index contributed by atoms with van der Waals surface area (Å²) in [7, 11) is 1.61. The molecule has 1 saturated carbocycles. The summed E-state index contributed by atoms with van der Waals surface area (Å²) in [4.78, 5) is 16.7. The maximum absolute atomic E-state index is 12.4. The third-order valence-electron chi connectivity index (χ3n) is 4.71. The summed E-state index contributed by atoms with van der Waals surface area (Å²) in [5, 5.41) is 2.93. The van der Waals surface area contributed by atoms with Crippen LogP contribution in [0.1, 0.15) is 37.7 Å². The van der Waals surface area contributed by atoms with Crippen LogP contribution in [0.4, 0.5) is 0 Å². The van der Waals surface area contributed by atoms with E-state index in [1.807, 2.05) is 24.3 Å². The van der Waals surface area contributed by atoms with Gasteiger partial charge in [0.1, 0.15) is 11.5 Å². The number of amides is 1. The number of halogens is 2. The molecule has 1 amide bonds. The largest absolute Gasteiger partial charge is 0.497 e. The SMILES string of the molecule is COc1cccc(Oc2ccc(CNC(=O)C3(N)CCCCC3)cn2)c1.Cl.Cl. The number of methoxy groups -OCH3 is 1. The molecule has 0 saturated heterocycles.